The van der Waals surface area contributed by atoms with Crippen molar-refractivity contribution in [3.05, 3.63) is 0 Å². The van der Waals surface area contributed by atoms with E-state index in [-0.39, 0.29) is 12.5 Å². The average Bonchev–Trinajstić information content (AvgIpc) is 2.35. The number of rotatable bonds is 2. The van der Waals surface area contributed by atoms with Gasteiger partial charge in [0.15, 0.2) is 0 Å². The first-order valence-electron chi connectivity index (χ1n) is 5.50. The lowest BCUT2D eigenvalue weighted by molar-refractivity contribution is -0.146. The van der Waals surface area contributed by atoms with Crippen LogP contribution in [0.4, 0.5) is 0 Å². The summed E-state index contributed by atoms with van der Waals surface area (Å²) in [5.74, 6) is -1.54. The zero-order chi connectivity index (χ0) is 12.8. The Bertz CT molecular complexity index is 311. The van der Waals surface area contributed by atoms with Crippen LogP contribution < -0.4 is 10.6 Å². The predicted octanol–water partition coefficient (Wildman–Crippen LogP) is -2.38. The van der Waals surface area contributed by atoms with E-state index in [4.69, 9.17) is 0 Å². The smallest absolute Gasteiger partial charge is 0.311 e. The van der Waals surface area contributed by atoms with Gasteiger partial charge >= 0.3 is 11.8 Å². The van der Waals surface area contributed by atoms with Gasteiger partial charge in [0.2, 0.25) is 5.91 Å². The highest BCUT2D eigenvalue weighted by Crippen LogP contribution is 1.93. The molecule has 0 aromatic heterocycles. The Hall–Kier alpha value is -1.63. The molecule has 3 amide bonds. The summed E-state index contributed by atoms with van der Waals surface area (Å²) < 4.78 is 0. The number of nitrogens with zero attached hydrogens (tertiary/aromatic N) is 2. The largest absolute Gasteiger partial charge is 0.347 e. The van der Waals surface area contributed by atoms with Crippen LogP contribution in [0.3, 0.4) is 0 Å². The van der Waals surface area contributed by atoms with Gasteiger partial charge < -0.3 is 20.4 Å². The molecule has 0 aliphatic carbocycles. The summed E-state index contributed by atoms with van der Waals surface area (Å²) in [6, 6.07) is 0. The minimum atomic E-state index is -0.720. The molecule has 0 radical (unpaired) electrons. The van der Waals surface area contributed by atoms with Gasteiger partial charge in [-0.3, -0.25) is 14.4 Å². The van der Waals surface area contributed by atoms with Crippen LogP contribution in [0.5, 0.6) is 0 Å². The average molecular weight is 242 g/mol. The lowest BCUT2D eigenvalue weighted by Gasteiger charge is -2.26. The highest BCUT2D eigenvalue weighted by atomic mass is 16.2. The van der Waals surface area contributed by atoms with E-state index in [1.807, 2.05) is 0 Å². The number of piperazine rings is 1. The van der Waals surface area contributed by atoms with Crippen molar-refractivity contribution in [1.29, 1.82) is 0 Å². The van der Waals surface area contributed by atoms with Crippen molar-refractivity contribution in [2.24, 2.45) is 0 Å². The molecule has 7 heteroatoms. The van der Waals surface area contributed by atoms with E-state index in [2.05, 4.69) is 10.6 Å². The molecule has 1 aliphatic rings. The topological polar surface area (TPSA) is 81.8 Å². The maximum Gasteiger partial charge on any atom is 0.311 e. The van der Waals surface area contributed by atoms with E-state index in [1.54, 1.807) is 14.1 Å². The molecule has 0 atom stereocenters. The van der Waals surface area contributed by atoms with Crippen LogP contribution in [0.25, 0.3) is 0 Å². The van der Waals surface area contributed by atoms with Crippen molar-refractivity contribution in [2.45, 2.75) is 0 Å². The molecule has 1 rings (SSSR count). The van der Waals surface area contributed by atoms with Crippen molar-refractivity contribution in [3.63, 3.8) is 0 Å². The van der Waals surface area contributed by atoms with Crippen LogP contribution in [0.15, 0.2) is 0 Å². The molecule has 1 aliphatic heterocycles. The van der Waals surface area contributed by atoms with Gasteiger partial charge in [-0.15, -0.1) is 0 Å². The highest BCUT2D eigenvalue weighted by Gasteiger charge is 2.23. The number of carbonyl (C=O) groups excluding carboxylic acids is 3. The second-order valence-electron chi connectivity index (χ2n) is 4.01. The quantitative estimate of drug-likeness (QED) is 0.530. The Morgan fingerprint density at radius 2 is 1.82 bits per heavy atom. The summed E-state index contributed by atoms with van der Waals surface area (Å²) in [5, 5.41) is 5.41. The summed E-state index contributed by atoms with van der Waals surface area (Å²) in [6.45, 7) is 2.27. The summed E-state index contributed by atoms with van der Waals surface area (Å²) in [6.07, 6.45) is 0. The monoisotopic (exact) mass is 242 g/mol. The number of amides is 3. The Balaban J connectivity index is 2.36. The minimum Gasteiger partial charge on any atom is -0.347 e. The summed E-state index contributed by atoms with van der Waals surface area (Å²) in [7, 11) is 3.18. The first-order valence-corrected chi connectivity index (χ1v) is 5.50. The SMILES string of the molecule is CN(C)C(=O)CNC(=O)C(=O)N1CCNCC1. The van der Waals surface area contributed by atoms with Crippen LogP contribution in [0.1, 0.15) is 0 Å². The first kappa shape index (κ1) is 13.4. The fourth-order valence-corrected chi connectivity index (χ4v) is 1.40. The lowest BCUT2D eigenvalue weighted by Crippen LogP contribution is -2.52. The molecule has 17 heavy (non-hydrogen) atoms. The summed E-state index contributed by atoms with van der Waals surface area (Å²) >= 11 is 0. The molecule has 96 valence electrons. The third-order valence-electron chi connectivity index (χ3n) is 2.50. The zero-order valence-corrected chi connectivity index (χ0v) is 10.2. The Labute approximate surface area is 100 Å². The fourth-order valence-electron chi connectivity index (χ4n) is 1.40. The highest BCUT2D eigenvalue weighted by molar-refractivity contribution is 6.35. The molecule has 0 aromatic rings. The van der Waals surface area contributed by atoms with Gasteiger partial charge in [-0.2, -0.15) is 0 Å². The molecule has 7 nitrogen and oxygen atoms in total. The van der Waals surface area contributed by atoms with Crippen LogP contribution >= 0.6 is 0 Å². The number of likely N-dealkylation sites (N-methyl/N-ethyl adjacent to an activating group) is 1. The molecule has 2 N–H and O–H groups in total. The molecule has 1 heterocycles. The molecular formula is C10H18N4O3. The standard InChI is InChI=1S/C10H18N4O3/c1-13(2)8(15)7-12-9(16)10(17)14-5-3-11-4-6-14/h11H,3-7H2,1-2H3,(H,12,16). The van der Waals surface area contributed by atoms with Gasteiger partial charge in [0.05, 0.1) is 6.54 Å². The van der Waals surface area contributed by atoms with Crippen LogP contribution in [-0.2, 0) is 14.4 Å². The Morgan fingerprint density at radius 3 is 2.35 bits per heavy atom. The summed E-state index contributed by atoms with van der Waals surface area (Å²) in [5.41, 5.74) is 0. The van der Waals surface area contributed by atoms with Crippen molar-refractivity contribution >= 4 is 17.7 Å². The number of hydrogen-bond acceptors (Lipinski definition) is 4. The molecular weight excluding hydrogens is 224 g/mol. The molecule has 1 saturated heterocycles. The van der Waals surface area contributed by atoms with Crippen LogP contribution in [0, 0.1) is 0 Å². The minimum absolute atomic E-state index is 0.149. The zero-order valence-electron chi connectivity index (χ0n) is 10.2. The van der Waals surface area contributed by atoms with E-state index in [0.29, 0.717) is 26.2 Å². The van der Waals surface area contributed by atoms with Gasteiger partial charge in [0, 0.05) is 40.3 Å². The van der Waals surface area contributed by atoms with Crippen LogP contribution in [0.2, 0.25) is 0 Å². The summed E-state index contributed by atoms with van der Waals surface area (Å²) in [4.78, 5) is 37.2. The molecule has 1 fully saturated rings. The molecule has 0 bridgehead atoms. The van der Waals surface area contributed by atoms with E-state index < -0.39 is 11.8 Å². The second kappa shape index (κ2) is 6.19. The van der Waals surface area contributed by atoms with Crippen molar-refractivity contribution in [1.82, 2.24) is 20.4 Å². The van der Waals surface area contributed by atoms with Gasteiger partial charge in [0.1, 0.15) is 0 Å². The molecule has 0 aromatic carbocycles. The Morgan fingerprint density at radius 1 is 1.24 bits per heavy atom. The van der Waals surface area contributed by atoms with Gasteiger partial charge in [-0.25, -0.2) is 0 Å². The normalized spacial score (nSPS) is 15.3. The third-order valence-corrected chi connectivity index (χ3v) is 2.50. The third kappa shape index (κ3) is 4.03. The predicted molar refractivity (Wildman–Crippen MR) is 61.2 cm³/mol. The first-order chi connectivity index (χ1) is 8.02. The molecule has 0 unspecified atom stereocenters. The van der Waals surface area contributed by atoms with Crippen molar-refractivity contribution < 1.29 is 14.4 Å². The van der Waals surface area contributed by atoms with Crippen molar-refractivity contribution in [3.8, 4) is 0 Å². The molecule has 0 spiro atoms. The van der Waals surface area contributed by atoms with Crippen molar-refractivity contribution in [2.75, 3.05) is 46.8 Å². The number of hydrogen-bond donors (Lipinski definition) is 2. The Kier molecular flexibility index (Phi) is 4.89. The van der Waals surface area contributed by atoms with E-state index in [1.165, 1.54) is 9.80 Å². The van der Waals surface area contributed by atoms with Gasteiger partial charge in [-0.1, -0.05) is 0 Å². The maximum absolute atomic E-state index is 11.6. The van der Waals surface area contributed by atoms with Gasteiger partial charge in [0.25, 0.3) is 0 Å². The number of carbonyl (C=O) groups is 3. The maximum atomic E-state index is 11.6. The van der Waals surface area contributed by atoms with E-state index in [9.17, 15) is 14.4 Å². The fraction of sp³-hybridized carbons (Fsp3) is 0.700. The second-order valence-corrected chi connectivity index (χ2v) is 4.01. The van der Waals surface area contributed by atoms with E-state index >= 15 is 0 Å². The number of nitrogens with one attached hydrogen (secondary N) is 2. The lowest BCUT2D eigenvalue weighted by atomic mass is 10.3. The van der Waals surface area contributed by atoms with Crippen LogP contribution in [-0.4, -0.2) is 74.3 Å². The van der Waals surface area contributed by atoms with Gasteiger partial charge in [-0.05, 0) is 0 Å². The van der Waals surface area contributed by atoms with E-state index in [0.717, 1.165) is 0 Å². The molecule has 0 saturated carbocycles.